The number of aliphatic hydroxyl groups is 1. The molecule has 0 radical (unpaired) electrons. The highest BCUT2D eigenvalue weighted by Crippen LogP contribution is 2.13. The molecule has 0 heterocycles. The van der Waals surface area contributed by atoms with Gasteiger partial charge < -0.3 is 5.11 Å². The van der Waals surface area contributed by atoms with Crippen molar-refractivity contribution >= 4 is 31.9 Å². The van der Waals surface area contributed by atoms with Gasteiger partial charge in [-0.3, -0.25) is 0 Å². The summed E-state index contributed by atoms with van der Waals surface area (Å²) >= 11 is 6.75. The van der Waals surface area contributed by atoms with E-state index in [0.29, 0.717) is 6.61 Å². The van der Waals surface area contributed by atoms with E-state index in [2.05, 4.69) is 142 Å². The number of hydrogen-bond acceptors (Lipinski definition) is 1. The Bertz CT molecular complexity index is 993. The molecule has 0 aliphatic carbocycles. The first-order valence-corrected chi connectivity index (χ1v) is 34.5. The van der Waals surface area contributed by atoms with E-state index in [1.54, 1.807) is 0 Å². The van der Waals surface area contributed by atoms with E-state index in [9.17, 15) is 0 Å². The van der Waals surface area contributed by atoms with Crippen molar-refractivity contribution in [1.82, 2.24) is 0 Å². The van der Waals surface area contributed by atoms with Crippen molar-refractivity contribution in [1.29, 1.82) is 0 Å². The van der Waals surface area contributed by atoms with Gasteiger partial charge in [-0.15, -0.1) is 37.0 Å². The van der Waals surface area contributed by atoms with Crippen LogP contribution in [0, 0.1) is 37.0 Å². The third kappa shape index (κ3) is 125. The van der Waals surface area contributed by atoms with Crippen LogP contribution >= 0.6 is 31.9 Å². The SMILES string of the molecule is C#C.C#CCCCC.CCCC/C=C\CCCCCCCCCC.CCCC/C=C\CCCCCCCCCCO.CCCCBr.CCCCC#CCCCCCCCCCC.CCCCCCCCCCBr.[HH]. The summed E-state index contributed by atoms with van der Waals surface area (Å²) in [5, 5.41) is 11.0. The third-order valence-electron chi connectivity index (χ3n) is 12.4. The number of aliphatic hydroxyl groups excluding tert-OH is 1. The van der Waals surface area contributed by atoms with Gasteiger partial charge in [-0.2, -0.15) is 0 Å². The molecule has 0 aromatic carbocycles. The van der Waals surface area contributed by atoms with Gasteiger partial charge in [0.05, 0.1) is 0 Å². The lowest BCUT2D eigenvalue weighted by molar-refractivity contribution is 0.282. The van der Waals surface area contributed by atoms with Crippen LogP contribution in [0.3, 0.4) is 0 Å². The molecule has 438 valence electrons. The monoisotopic (exact) mass is 1150 g/mol. The first-order chi connectivity index (χ1) is 36.0. The van der Waals surface area contributed by atoms with Crippen LogP contribution in [0.25, 0.3) is 0 Å². The van der Waals surface area contributed by atoms with Crippen LogP contribution in [-0.4, -0.2) is 22.4 Å². The Morgan fingerprint density at radius 3 is 0.822 bits per heavy atom. The maximum absolute atomic E-state index is 8.64. The van der Waals surface area contributed by atoms with Crippen molar-refractivity contribution < 1.29 is 6.53 Å². The van der Waals surface area contributed by atoms with E-state index in [-0.39, 0.29) is 1.43 Å². The molecule has 0 amide bonds. The van der Waals surface area contributed by atoms with Crippen molar-refractivity contribution in [2.24, 2.45) is 0 Å². The van der Waals surface area contributed by atoms with Crippen molar-refractivity contribution in [3.8, 4) is 37.0 Å². The molecule has 73 heavy (non-hydrogen) atoms. The number of alkyl halides is 2. The number of halogens is 2. The summed E-state index contributed by atoms with van der Waals surface area (Å²) in [5.74, 6) is 9.11. The molecule has 1 nitrogen and oxygen atoms in total. The predicted octanol–water partition coefficient (Wildman–Crippen LogP) is 26.2. The molecular formula is C70H138Br2O. The van der Waals surface area contributed by atoms with E-state index in [4.69, 9.17) is 11.5 Å². The minimum absolute atomic E-state index is 0. The van der Waals surface area contributed by atoms with Crippen LogP contribution in [0.2, 0.25) is 0 Å². The zero-order valence-corrected chi connectivity index (χ0v) is 54.7. The number of rotatable bonds is 47. The van der Waals surface area contributed by atoms with Crippen LogP contribution in [0.1, 0.15) is 371 Å². The quantitative estimate of drug-likeness (QED) is 0.0279. The molecule has 0 aromatic heterocycles. The van der Waals surface area contributed by atoms with Gasteiger partial charge >= 0.3 is 0 Å². The summed E-state index contributed by atoms with van der Waals surface area (Å²) < 4.78 is 0. The molecule has 0 saturated carbocycles. The third-order valence-corrected chi connectivity index (χ3v) is 13.5. The van der Waals surface area contributed by atoms with Gasteiger partial charge in [-0.25, -0.2) is 0 Å². The van der Waals surface area contributed by atoms with Gasteiger partial charge in [0.2, 0.25) is 0 Å². The van der Waals surface area contributed by atoms with Crippen molar-refractivity contribution in [3.05, 3.63) is 24.3 Å². The molecule has 0 unspecified atom stereocenters. The highest BCUT2D eigenvalue weighted by molar-refractivity contribution is 9.09. The Morgan fingerprint density at radius 1 is 0.301 bits per heavy atom. The van der Waals surface area contributed by atoms with Gasteiger partial charge in [0.25, 0.3) is 0 Å². The van der Waals surface area contributed by atoms with E-state index >= 15 is 0 Å². The standard InChI is InChI=1S/C16H32O.C16H32.C16H30.C10H21Br.C6H10.C4H9Br.C2H2.H2/c1-2-3-4-5-6-7-8-9-10-11-12-13-14-15-16-17;2*1-3-5-7-9-11-13-15-16-14-12-10-8-6-4-2;1-2-3-4-5-6-7-8-9-10-11;1-3-5-6-4-2;1-2-3-4-5;1-2;/h5-6,17H,2-4,7-16H2,1H3;9,11H,3-8,10,12-16H2,1-2H3;3-9,11,13-16H2,1-2H3;2-10H2,1H3;1H,4-6H2,2H3;2-4H2,1H3;1-2H;1H/b6-5-;11-9-;;;;;;. The maximum Gasteiger partial charge on any atom is 0.0431 e. The molecule has 0 aromatic rings. The second-order valence-corrected chi connectivity index (χ2v) is 21.6. The van der Waals surface area contributed by atoms with Crippen molar-refractivity contribution in [3.63, 3.8) is 0 Å². The van der Waals surface area contributed by atoms with Crippen LogP contribution in [0.15, 0.2) is 24.3 Å². The minimum atomic E-state index is 0. The van der Waals surface area contributed by atoms with Crippen molar-refractivity contribution in [2.45, 2.75) is 370 Å². The molecule has 1 N–H and O–H groups in total. The minimum Gasteiger partial charge on any atom is -0.396 e. The summed E-state index contributed by atoms with van der Waals surface area (Å²) in [5.41, 5.74) is 0. The first kappa shape index (κ1) is 86.0. The Hall–Kier alpha value is -0.920. The Labute approximate surface area is 484 Å². The molecular weight excluding hydrogens is 1020 g/mol. The van der Waals surface area contributed by atoms with E-state index in [0.717, 1.165) is 31.0 Å². The summed E-state index contributed by atoms with van der Waals surface area (Å²) in [6.45, 7) is 18.2. The topological polar surface area (TPSA) is 20.2 Å². The fraction of sp³-hybridized carbons (Fsp3) is 0.857. The first-order valence-electron chi connectivity index (χ1n) is 32.2. The lowest BCUT2D eigenvalue weighted by Crippen LogP contribution is -1.84. The highest BCUT2D eigenvalue weighted by Gasteiger charge is 1.94. The molecule has 0 atom stereocenters. The molecule has 0 spiro atoms. The van der Waals surface area contributed by atoms with Crippen LogP contribution in [0.4, 0.5) is 0 Å². The van der Waals surface area contributed by atoms with Crippen molar-refractivity contribution in [2.75, 3.05) is 17.3 Å². The summed E-state index contributed by atoms with van der Waals surface area (Å²) in [6.07, 6.45) is 87.9. The Morgan fingerprint density at radius 2 is 0.548 bits per heavy atom. The van der Waals surface area contributed by atoms with Gasteiger partial charge in [-0.05, 0) is 77.0 Å². The Kier molecular flexibility index (Phi) is 122. The average molecular weight is 1160 g/mol. The predicted molar refractivity (Wildman–Crippen MR) is 353 cm³/mol. The van der Waals surface area contributed by atoms with Gasteiger partial charge in [0.15, 0.2) is 0 Å². The van der Waals surface area contributed by atoms with E-state index in [1.165, 1.54) is 294 Å². The molecule has 0 aliphatic rings. The van der Waals surface area contributed by atoms with E-state index in [1.807, 2.05) is 0 Å². The second-order valence-electron chi connectivity index (χ2n) is 20.0. The smallest absolute Gasteiger partial charge is 0.0431 e. The largest absolute Gasteiger partial charge is 0.396 e. The molecule has 0 saturated heterocycles. The number of hydrogen-bond donors (Lipinski definition) is 1. The molecule has 3 heteroatoms. The van der Waals surface area contributed by atoms with Crippen LogP contribution in [-0.2, 0) is 0 Å². The molecule has 0 fully saturated rings. The zero-order chi connectivity index (χ0) is 55.7. The van der Waals surface area contributed by atoms with Crippen LogP contribution < -0.4 is 0 Å². The molecule has 0 bridgehead atoms. The summed E-state index contributed by atoms with van der Waals surface area (Å²) in [7, 11) is 0. The maximum atomic E-state index is 8.64. The lowest BCUT2D eigenvalue weighted by Gasteiger charge is -2.00. The second kappa shape index (κ2) is 103. The lowest BCUT2D eigenvalue weighted by atomic mass is 10.1. The van der Waals surface area contributed by atoms with E-state index < -0.39 is 0 Å². The fourth-order valence-electron chi connectivity index (χ4n) is 7.38. The Balaban J connectivity index is -0.000000121. The zero-order valence-electron chi connectivity index (χ0n) is 51.5. The highest BCUT2D eigenvalue weighted by atomic mass is 79.9. The number of terminal acetylenes is 2. The average Bonchev–Trinajstić information content (AvgIpc) is 3.41. The summed E-state index contributed by atoms with van der Waals surface area (Å²) in [4.78, 5) is 0. The molecule has 0 rings (SSSR count). The van der Waals surface area contributed by atoms with Gasteiger partial charge in [0.1, 0.15) is 0 Å². The molecule has 0 aliphatic heterocycles. The summed E-state index contributed by atoms with van der Waals surface area (Å²) in [6, 6.07) is 0. The van der Waals surface area contributed by atoms with Gasteiger partial charge in [-0.1, -0.05) is 330 Å². The normalized spacial score (nSPS) is 10.1. The number of unbranched alkanes of at least 4 members (excludes halogenated alkanes) is 40. The number of allylic oxidation sites excluding steroid dienone is 4. The van der Waals surface area contributed by atoms with Crippen LogP contribution in [0.5, 0.6) is 0 Å². The van der Waals surface area contributed by atoms with Gasteiger partial charge in [0, 0.05) is 38.0 Å². The fourth-order valence-corrected chi connectivity index (χ4v) is 8.33.